The van der Waals surface area contributed by atoms with Gasteiger partial charge < -0.3 is 5.11 Å². The topological polar surface area (TPSA) is 20.2 Å². The second kappa shape index (κ2) is 4.70. The molecule has 0 saturated heterocycles. The predicted octanol–water partition coefficient (Wildman–Crippen LogP) is 4.11. The molecule has 2 aliphatic rings. The van der Waals surface area contributed by atoms with Gasteiger partial charge in [0.05, 0.1) is 5.60 Å². The summed E-state index contributed by atoms with van der Waals surface area (Å²) in [4.78, 5) is 0. The summed E-state index contributed by atoms with van der Waals surface area (Å²) < 4.78 is 0. The molecule has 1 N–H and O–H groups in total. The van der Waals surface area contributed by atoms with Gasteiger partial charge in [-0.05, 0) is 43.1 Å². The monoisotopic (exact) mass is 244 g/mol. The third-order valence-corrected chi connectivity index (χ3v) is 5.39. The Morgan fingerprint density at radius 3 is 2.11 bits per heavy atom. The molecule has 0 radical (unpaired) electrons. The quantitative estimate of drug-likeness (QED) is 0.830. The smallest absolute Gasteiger partial charge is 0.0896 e. The van der Waals surface area contributed by atoms with Crippen LogP contribution in [0.1, 0.15) is 51.0 Å². The van der Waals surface area contributed by atoms with Crippen molar-refractivity contribution in [2.24, 2.45) is 17.8 Å². The highest BCUT2D eigenvalue weighted by Gasteiger charge is 2.44. The summed E-state index contributed by atoms with van der Waals surface area (Å²) in [7, 11) is 0. The fraction of sp³-hybridized carbons (Fsp3) is 0.647. The molecule has 0 aromatic heterocycles. The van der Waals surface area contributed by atoms with Crippen LogP contribution in [-0.4, -0.2) is 5.11 Å². The summed E-state index contributed by atoms with van der Waals surface area (Å²) in [6.45, 7) is 2.02. The van der Waals surface area contributed by atoms with Crippen molar-refractivity contribution in [1.82, 2.24) is 0 Å². The summed E-state index contributed by atoms with van der Waals surface area (Å²) in [5, 5.41) is 10.9. The predicted molar refractivity (Wildman–Crippen MR) is 74.2 cm³/mol. The number of fused-ring (bicyclic) bond motifs is 1. The van der Waals surface area contributed by atoms with E-state index in [9.17, 15) is 5.11 Å². The average molecular weight is 244 g/mol. The zero-order valence-electron chi connectivity index (χ0n) is 11.3. The highest BCUT2D eigenvalue weighted by Crippen LogP contribution is 2.50. The minimum Gasteiger partial charge on any atom is -0.385 e. The van der Waals surface area contributed by atoms with Crippen LogP contribution < -0.4 is 0 Å². The summed E-state index contributed by atoms with van der Waals surface area (Å²) >= 11 is 0. The minimum atomic E-state index is -0.640. The van der Waals surface area contributed by atoms with Crippen LogP contribution >= 0.6 is 0 Å². The van der Waals surface area contributed by atoms with Gasteiger partial charge in [-0.3, -0.25) is 0 Å². The van der Waals surface area contributed by atoms with Gasteiger partial charge in [-0.2, -0.15) is 0 Å². The Hall–Kier alpha value is -0.820. The maximum absolute atomic E-state index is 10.9. The summed E-state index contributed by atoms with van der Waals surface area (Å²) in [6.07, 6.45) is 8.06. The van der Waals surface area contributed by atoms with Gasteiger partial charge in [-0.1, -0.05) is 56.0 Å². The molecule has 1 nitrogen and oxygen atoms in total. The third-order valence-electron chi connectivity index (χ3n) is 5.39. The van der Waals surface area contributed by atoms with Crippen molar-refractivity contribution in [1.29, 1.82) is 0 Å². The van der Waals surface area contributed by atoms with Crippen LogP contribution in [0.25, 0.3) is 0 Å². The summed E-state index contributed by atoms with van der Waals surface area (Å²) in [6, 6.07) is 10.2. The first-order valence-corrected chi connectivity index (χ1v) is 7.46. The Labute approximate surface area is 110 Å². The largest absolute Gasteiger partial charge is 0.385 e. The molecule has 3 rings (SSSR count). The lowest BCUT2D eigenvalue weighted by atomic mass is 9.81. The van der Waals surface area contributed by atoms with Gasteiger partial charge in [-0.25, -0.2) is 0 Å². The first-order valence-electron chi connectivity index (χ1n) is 7.46. The Morgan fingerprint density at radius 2 is 1.56 bits per heavy atom. The van der Waals surface area contributed by atoms with Gasteiger partial charge in [0, 0.05) is 0 Å². The molecule has 0 bridgehead atoms. The summed E-state index contributed by atoms with van der Waals surface area (Å²) in [5.74, 6) is 2.23. The number of hydrogen-bond donors (Lipinski definition) is 1. The number of rotatable bonds is 2. The van der Waals surface area contributed by atoms with Gasteiger partial charge in [-0.15, -0.1) is 0 Å². The van der Waals surface area contributed by atoms with Gasteiger partial charge in [0.1, 0.15) is 0 Å². The van der Waals surface area contributed by atoms with Crippen molar-refractivity contribution < 1.29 is 5.11 Å². The van der Waals surface area contributed by atoms with Crippen LogP contribution in [-0.2, 0) is 5.60 Å². The van der Waals surface area contributed by atoms with Crippen molar-refractivity contribution in [2.45, 2.75) is 51.0 Å². The van der Waals surface area contributed by atoms with E-state index in [4.69, 9.17) is 0 Å². The zero-order chi connectivity index (χ0) is 12.6. The fourth-order valence-electron chi connectivity index (χ4n) is 4.20. The van der Waals surface area contributed by atoms with Gasteiger partial charge in [0.15, 0.2) is 0 Å². The SMILES string of the molecule is C[C@@](O)(c1ccccc1)C1C[C@H]2CCCC[C@H]2C1. The molecule has 1 heteroatoms. The van der Waals surface area contributed by atoms with E-state index in [1.807, 2.05) is 25.1 Å². The fourth-order valence-corrected chi connectivity index (χ4v) is 4.20. The van der Waals surface area contributed by atoms with E-state index in [0.717, 1.165) is 17.4 Å². The zero-order valence-corrected chi connectivity index (χ0v) is 11.3. The first-order chi connectivity index (χ1) is 8.68. The molecule has 4 atom stereocenters. The van der Waals surface area contributed by atoms with E-state index < -0.39 is 5.60 Å². The van der Waals surface area contributed by atoms with Crippen molar-refractivity contribution in [3.05, 3.63) is 35.9 Å². The number of hydrogen-bond acceptors (Lipinski definition) is 1. The molecule has 2 fully saturated rings. The average Bonchev–Trinajstić information content (AvgIpc) is 2.84. The minimum absolute atomic E-state index is 0.452. The molecule has 0 amide bonds. The van der Waals surface area contributed by atoms with Gasteiger partial charge >= 0.3 is 0 Å². The van der Waals surface area contributed by atoms with Crippen LogP contribution in [0.3, 0.4) is 0 Å². The van der Waals surface area contributed by atoms with Crippen molar-refractivity contribution in [3.63, 3.8) is 0 Å². The van der Waals surface area contributed by atoms with Gasteiger partial charge in [0.25, 0.3) is 0 Å². The summed E-state index contributed by atoms with van der Waals surface area (Å²) in [5.41, 5.74) is 0.451. The highest BCUT2D eigenvalue weighted by molar-refractivity contribution is 5.23. The second-order valence-corrected chi connectivity index (χ2v) is 6.49. The third kappa shape index (κ3) is 2.09. The molecule has 2 saturated carbocycles. The van der Waals surface area contributed by atoms with Crippen molar-refractivity contribution >= 4 is 0 Å². The Balaban J connectivity index is 1.79. The normalized spacial score (nSPS) is 34.9. The molecular weight excluding hydrogens is 220 g/mol. The lowest BCUT2D eigenvalue weighted by Gasteiger charge is -2.31. The second-order valence-electron chi connectivity index (χ2n) is 6.49. The molecule has 98 valence electrons. The van der Waals surface area contributed by atoms with Gasteiger partial charge in [0.2, 0.25) is 0 Å². The van der Waals surface area contributed by atoms with Crippen molar-refractivity contribution in [2.75, 3.05) is 0 Å². The molecule has 0 heterocycles. The lowest BCUT2D eigenvalue weighted by Crippen LogP contribution is -2.30. The highest BCUT2D eigenvalue weighted by atomic mass is 16.3. The van der Waals surface area contributed by atoms with Crippen LogP contribution in [0, 0.1) is 17.8 Å². The molecule has 0 aliphatic heterocycles. The van der Waals surface area contributed by atoms with Crippen molar-refractivity contribution in [3.8, 4) is 0 Å². The molecular formula is C17H24O. The maximum Gasteiger partial charge on any atom is 0.0896 e. The van der Waals surface area contributed by atoms with Crippen LogP contribution in [0.4, 0.5) is 0 Å². The Bertz CT molecular complexity index is 381. The molecule has 1 unspecified atom stereocenters. The molecule has 1 aromatic carbocycles. The van der Waals surface area contributed by atoms with Crippen LogP contribution in [0.5, 0.6) is 0 Å². The Morgan fingerprint density at radius 1 is 1.00 bits per heavy atom. The van der Waals surface area contributed by atoms with Crippen LogP contribution in [0.15, 0.2) is 30.3 Å². The Kier molecular flexibility index (Phi) is 3.19. The lowest BCUT2D eigenvalue weighted by molar-refractivity contribution is -0.00595. The van der Waals surface area contributed by atoms with E-state index in [1.165, 1.54) is 38.5 Å². The van der Waals surface area contributed by atoms with E-state index in [0.29, 0.717) is 5.92 Å². The van der Waals surface area contributed by atoms with E-state index in [1.54, 1.807) is 0 Å². The molecule has 2 aliphatic carbocycles. The molecule has 0 spiro atoms. The van der Waals surface area contributed by atoms with E-state index in [2.05, 4.69) is 12.1 Å². The van der Waals surface area contributed by atoms with E-state index >= 15 is 0 Å². The molecule has 18 heavy (non-hydrogen) atoms. The van der Waals surface area contributed by atoms with E-state index in [-0.39, 0.29) is 0 Å². The molecule has 1 aromatic rings. The number of aliphatic hydroxyl groups is 1. The van der Waals surface area contributed by atoms with Crippen LogP contribution in [0.2, 0.25) is 0 Å². The first kappa shape index (κ1) is 12.2. The maximum atomic E-state index is 10.9. The standard InChI is InChI=1S/C17H24O/c1-17(18,15-9-3-2-4-10-15)16-11-13-7-5-6-8-14(13)12-16/h2-4,9-10,13-14,16,18H,5-8,11-12H2,1H3/t13-,14+,16?,17-/m1/s1. The number of benzene rings is 1.